The van der Waals surface area contributed by atoms with E-state index >= 15 is 0 Å². The smallest absolute Gasteiger partial charge is 0.251 e. The Balaban J connectivity index is 1.61. The van der Waals surface area contributed by atoms with Crippen LogP contribution in [-0.4, -0.2) is 11.4 Å². The molecule has 0 unspecified atom stereocenters. The van der Waals surface area contributed by atoms with E-state index in [4.69, 9.17) is 0 Å². The average molecular weight is 270 g/mol. The van der Waals surface area contributed by atoms with Crippen LogP contribution < -0.4 is 10.6 Å². The van der Waals surface area contributed by atoms with Gasteiger partial charge in [0.05, 0.1) is 0 Å². The Morgan fingerprint density at radius 1 is 1.35 bits per heavy atom. The topological polar surface area (TPSA) is 41.1 Å². The average Bonchev–Trinajstić information content (AvgIpc) is 3.19. The summed E-state index contributed by atoms with van der Waals surface area (Å²) in [5.74, 6) is 0.814. The fourth-order valence-corrected chi connectivity index (χ4v) is 3.48. The highest BCUT2D eigenvalue weighted by molar-refractivity contribution is 5.99. The third-order valence-corrected chi connectivity index (χ3v) is 5.21. The maximum Gasteiger partial charge on any atom is 0.251 e. The van der Waals surface area contributed by atoms with Crippen LogP contribution in [0.15, 0.2) is 12.1 Å². The van der Waals surface area contributed by atoms with Crippen LogP contribution in [0.3, 0.4) is 0 Å². The molecule has 0 spiro atoms. The van der Waals surface area contributed by atoms with Gasteiger partial charge in [0.15, 0.2) is 0 Å². The molecule has 3 heteroatoms. The van der Waals surface area contributed by atoms with Gasteiger partial charge in [-0.15, -0.1) is 0 Å². The molecule has 0 saturated heterocycles. The Bertz CT molecular complexity index is 571. The molecule has 0 radical (unpaired) electrons. The summed E-state index contributed by atoms with van der Waals surface area (Å²) in [5.41, 5.74) is 5.20. The summed E-state index contributed by atoms with van der Waals surface area (Å²) >= 11 is 0. The molecule has 0 atom stereocenters. The summed E-state index contributed by atoms with van der Waals surface area (Å²) in [5, 5.41) is 6.64. The van der Waals surface area contributed by atoms with Crippen LogP contribution in [0, 0.1) is 0 Å². The highest BCUT2D eigenvalue weighted by atomic mass is 16.1. The van der Waals surface area contributed by atoms with Crippen molar-refractivity contribution >= 4 is 5.91 Å². The summed E-state index contributed by atoms with van der Waals surface area (Å²) in [7, 11) is 0. The molecule has 1 aromatic rings. The summed E-state index contributed by atoms with van der Waals surface area (Å²) in [6.07, 6.45) is 6.45. The van der Waals surface area contributed by atoms with E-state index in [1.54, 1.807) is 0 Å². The van der Waals surface area contributed by atoms with Gasteiger partial charge >= 0.3 is 0 Å². The quantitative estimate of drug-likeness (QED) is 0.883. The first-order chi connectivity index (χ1) is 9.65. The van der Waals surface area contributed by atoms with Gasteiger partial charge in [0, 0.05) is 24.2 Å². The van der Waals surface area contributed by atoms with Crippen molar-refractivity contribution < 1.29 is 4.79 Å². The largest absolute Gasteiger partial charge is 0.348 e. The van der Waals surface area contributed by atoms with Gasteiger partial charge in [-0.1, -0.05) is 6.07 Å². The van der Waals surface area contributed by atoms with Gasteiger partial charge in [0.2, 0.25) is 0 Å². The molecule has 4 rings (SSSR count). The highest BCUT2D eigenvalue weighted by Crippen LogP contribution is 2.43. The molecular weight excluding hydrogens is 248 g/mol. The molecule has 2 N–H and O–H groups in total. The molecule has 2 saturated carbocycles. The molecule has 2 aliphatic carbocycles. The van der Waals surface area contributed by atoms with Crippen LogP contribution >= 0.6 is 0 Å². The zero-order valence-corrected chi connectivity index (χ0v) is 12.1. The number of rotatable bonds is 4. The van der Waals surface area contributed by atoms with Crippen LogP contribution in [0.25, 0.3) is 0 Å². The fourth-order valence-electron chi connectivity index (χ4n) is 3.48. The molecule has 0 aromatic heterocycles. The Hall–Kier alpha value is -1.35. The number of fused-ring (bicyclic) bond motifs is 1. The van der Waals surface area contributed by atoms with E-state index in [-0.39, 0.29) is 5.91 Å². The lowest BCUT2D eigenvalue weighted by atomic mass is 9.78. The molecule has 0 bridgehead atoms. The normalized spacial score (nSPS) is 23.1. The standard InChI is InChI=1S/C17H22N2O/c1-17(5-2-6-17)19-9-11-7-13(12-3-4-12)15-10-18-16(20)14(15)8-11/h7-8,12,19H,2-6,9-10H2,1H3,(H,18,20). The molecule has 2 fully saturated rings. The minimum Gasteiger partial charge on any atom is -0.348 e. The number of amides is 1. The van der Waals surface area contributed by atoms with Gasteiger partial charge in [-0.05, 0) is 67.7 Å². The number of benzene rings is 1. The summed E-state index contributed by atoms with van der Waals surface area (Å²) in [6.45, 7) is 3.92. The fraction of sp³-hybridized carbons (Fsp3) is 0.588. The first kappa shape index (κ1) is 12.4. The van der Waals surface area contributed by atoms with E-state index in [1.807, 2.05) is 0 Å². The van der Waals surface area contributed by atoms with Gasteiger partial charge in [0.1, 0.15) is 0 Å². The first-order valence-electron chi connectivity index (χ1n) is 7.84. The lowest BCUT2D eigenvalue weighted by molar-refractivity contribution is 0.0965. The minimum atomic E-state index is 0.110. The van der Waals surface area contributed by atoms with Gasteiger partial charge in [-0.25, -0.2) is 0 Å². The van der Waals surface area contributed by atoms with Crippen molar-refractivity contribution in [3.63, 3.8) is 0 Å². The second kappa shape index (κ2) is 4.32. The zero-order chi connectivity index (χ0) is 13.7. The van der Waals surface area contributed by atoms with Gasteiger partial charge in [-0.3, -0.25) is 4.79 Å². The van der Waals surface area contributed by atoms with Crippen molar-refractivity contribution in [2.75, 3.05) is 0 Å². The SMILES string of the molecule is CC1(NCc2cc3c(c(C4CC4)c2)CNC3=O)CCC1. The lowest BCUT2D eigenvalue weighted by Crippen LogP contribution is -2.47. The molecule has 20 heavy (non-hydrogen) atoms. The van der Waals surface area contributed by atoms with E-state index in [2.05, 4.69) is 29.7 Å². The lowest BCUT2D eigenvalue weighted by Gasteiger charge is -2.39. The van der Waals surface area contributed by atoms with E-state index in [1.165, 1.54) is 48.8 Å². The summed E-state index contributed by atoms with van der Waals surface area (Å²) < 4.78 is 0. The van der Waals surface area contributed by atoms with Crippen molar-refractivity contribution in [2.24, 2.45) is 0 Å². The molecule has 1 aliphatic heterocycles. The number of hydrogen-bond donors (Lipinski definition) is 2. The van der Waals surface area contributed by atoms with Crippen molar-refractivity contribution in [1.82, 2.24) is 10.6 Å². The Morgan fingerprint density at radius 2 is 2.15 bits per heavy atom. The molecule has 1 aromatic carbocycles. The van der Waals surface area contributed by atoms with Crippen molar-refractivity contribution in [3.8, 4) is 0 Å². The number of nitrogens with one attached hydrogen (secondary N) is 2. The summed E-state index contributed by atoms with van der Waals surface area (Å²) in [4.78, 5) is 11.9. The van der Waals surface area contributed by atoms with Crippen LogP contribution in [0.2, 0.25) is 0 Å². The number of carbonyl (C=O) groups excluding carboxylic acids is 1. The Morgan fingerprint density at radius 3 is 2.80 bits per heavy atom. The van der Waals surface area contributed by atoms with Gasteiger partial charge in [0.25, 0.3) is 5.91 Å². The maximum absolute atomic E-state index is 11.9. The third-order valence-electron chi connectivity index (χ3n) is 5.21. The maximum atomic E-state index is 11.9. The molecule has 1 amide bonds. The number of hydrogen-bond acceptors (Lipinski definition) is 2. The second-order valence-corrected chi connectivity index (χ2v) is 6.94. The zero-order valence-electron chi connectivity index (χ0n) is 12.1. The highest BCUT2D eigenvalue weighted by Gasteiger charge is 2.33. The minimum absolute atomic E-state index is 0.110. The van der Waals surface area contributed by atoms with Crippen molar-refractivity contribution in [3.05, 3.63) is 34.4 Å². The van der Waals surface area contributed by atoms with Crippen LogP contribution in [0.4, 0.5) is 0 Å². The molecular formula is C17H22N2O. The van der Waals surface area contributed by atoms with Crippen molar-refractivity contribution in [1.29, 1.82) is 0 Å². The first-order valence-corrected chi connectivity index (χ1v) is 7.84. The van der Waals surface area contributed by atoms with Gasteiger partial charge in [-0.2, -0.15) is 0 Å². The molecule has 106 valence electrons. The Labute approximate surface area is 120 Å². The van der Waals surface area contributed by atoms with E-state index in [9.17, 15) is 4.79 Å². The van der Waals surface area contributed by atoms with Crippen LogP contribution in [-0.2, 0) is 13.1 Å². The van der Waals surface area contributed by atoms with Crippen molar-refractivity contribution in [2.45, 2.75) is 63.6 Å². The van der Waals surface area contributed by atoms with Crippen LogP contribution in [0.5, 0.6) is 0 Å². The van der Waals surface area contributed by atoms with E-state index < -0.39 is 0 Å². The third kappa shape index (κ3) is 2.05. The second-order valence-electron chi connectivity index (χ2n) is 6.94. The molecule has 3 aliphatic rings. The van der Waals surface area contributed by atoms with Gasteiger partial charge < -0.3 is 10.6 Å². The predicted octanol–water partition coefficient (Wildman–Crippen LogP) is 2.84. The molecule has 1 heterocycles. The van der Waals surface area contributed by atoms with Crippen LogP contribution in [0.1, 0.15) is 72.0 Å². The molecule has 3 nitrogen and oxygen atoms in total. The predicted molar refractivity (Wildman–Crippen MR) is 78.7 cm³/mol. The summed E-state index contributed by atoms with van der Waals surface area (Å²) in [6, 6.07) is 4.43. The Kier molecular flexibility index (Phi) is 2.68. The van der Waals surface area contributed by atoms with E-state index in [0.29, 0.717) is 11.5 Å². The number of carbonyl (C=O) groups is 1. The van der Waals surface area contributed by atoms with E-state index in [0.717, 1.165) is 18.7 Å². The monoisotopic (exact) mass is 270 g/mol.